The molecule has 4 aromatic carbocycles. The lowest BCUT2D eigenvalue weighted by molar-refractivity contribution is 0.0952. The fraction of sp³-hybridized carbons (Fsp3) is 0.0400. The molecular formula is C25H19ClN2O3. The summed E-state index contributed by atoms with van der Waals surface area (Å²) in [4.78, 5) is 12.4. The molecule has 5 nitrogen and oxygen atoms in total. The third kappa shape index (κ3) is 5.21. The Labute approximate surface area is 184 Å². The van der Waals surface area contributed by atoms with Gasteiger partial charge in [0.2, 0.25) is 0 Å². The van der Waals surface area contributed by atoms with Crippen LogP contribution in [-0.2, 0) is 6.61 Å². The van der Waals surface area contributed by atoms with Crippen molar-refractivity contribution in [3.8, 4) is 11.5 Å². The molecule has 0 spiro atoms. The molecule has 0 aliphatic rings. The molecule has 0 aliphatic carbocycles. The van der Waals surface area contributed by atoms with Gasteiger partial charge in [-0.1, -0.05) is 60.1 Å². The second-order valence-corrected chi connectivity index (χ2v) is 7.34. The fourth-order valence-corrected chi connectivity index (χ4v) is 3.19. The summed E-state index contributed by atoms with van der Waals surface area (Å²) in [5.41, 5.74) is 4.38. The highest BCUT2D eigenvalue weighted by Gasteiger charge is 2.11. The van der Waals surface area contributed by atoms with Gasteiger partial charge in [0, 0.05) is 5.02 Å². The maximum atomic E-state index is 12.4. The van der Waals surface area contributed by atoms with Gasteiger partial charge in [0.15, 0.2) is 0 Å². The van der Waals surface area contributed by atoms with Crippen molar-refractivity contribution in [2.45, 2.75) is 6.61 Å². The van der Waals surface area contributed by atoms with Crippen LogP contribution in [0.25, 0.3) is 10.8 Å². The Morgan fingerprint density at radius 2 is 1.71 bits per heavy atom. The molecule has 0 saturated carbocycles. The summed E-state index contributed by atoms with van der Waals surface area (Å²) in [6.07, 6.45) is 1.52. The summed E-state index contributed by atoms with van der Waals surface area (Å²) in [6.45, 7) is 0.412. The number of amides is 1. The van der Waals surface area contributed by atoms with Crippen molar-refractivity contribution >= 4 is 34.5 Å². The maximum absolute atomic E-state index is 12.4. The largest absolute Gasteiger partial charge is 0.507 e. The Balaban J connectivity index is 1.39. The van der Waals surface area contributed by atoms with Gasteiger partial charge in [-0.25, -0.2) is 5.43 Å². The molecule has 0 bridgehead atoms. The molecule has 0 heterocycles. The fourth-order valence-electron chi connectivity index (χ4n) is 3.07. The number of benzene rings is 4. The van der Waals surface area contributed by atoms with Gasteiger partial charge in [0.25, 0.3) is 5.91 Å². The standard InChI is InChI=1S/C25H19ClN2O3/c26-21-10-8-17(9-11-21)16-31-22-7-3-4-18(12-22)15-27-28-25(30)23-13-19-5-1-2-6-20(19)14-24(23)29/h1-15,29H,16H2,(H,28,30)/b27-15-. The number of ether oxygens (including phenoxy) is 1. The zero-order valence-electron chi connectivity index (χ0n) is 16.5. The van der Waals surface area contributed by atoms with Gasteiger partial charge in [-0.2, -0.15) is 5.10 Å². The molecule has 0 unspecified atom stereocenters. The van der Waals surface area contributed by atoms with Gasteiger partial charge in [-0.15, -0.1) is 0 Å². The van der Waals surface area contributed by atoms with Crippen LogP contribution in [0.1, 0.15) is 21.5 Å². The molecule has 1 amide bonds. The summed E-state index contributed by atoms with van der Waals surface area (Å²) in [5, 5.41) is 16.6. The molecule has 6 heteroatoms. The molecule has 0 saturated heterocycles. The van der Waals surface area contributed by atoms with Crippen molar-refractivity contribution in [3.63, 3.8) is 0 Å². The molecule has 4 aromatic rings. The van der Waals surface area contributed by atoms with Crippen LogP contribution in [0, 0.1) is 0 Å². The van der Waals surface area contributed by atoms with Crippen molar-refractivity contribution < 1.29 is 14.6 Å². The molecule has 0 fully saturated rings. The van der Waals surface area contributed by atoms with Crippen LogP contribution in [0.2, 0.25) is 5.02 Å². The lowest BCUT2D eigenvalue weighted by Crippen LogP contribution is -2.17. The third-order valence-electron chi connectivity index (χ3n) is 4.67. The zero-order valence-corrected chi connectivity index (χ0v) is 17.2. The molecule has 0 radical (unpaired) electrons. The number of hydrogen-bond donors (Lipinski definition) is 2. The Bertz CT molecular complexity index is 1250. The smallest absolute Gasteiger partial charge is 0.275 e. The first-order chi connectivity index (χ1) is 15.1. The highest BCUT2D eigenvalue weighted by molar-refractivity contribution is 6.30. The van der Waals surface area contributed by atoms with Crippen molar-refractivity contribution in [3.05, 3.63) is 107 Å². The number of nitrogens with zero attached hydrogens (tertiary/aromatic N) is 1. The third-order valence-corrected chi connectivity index (χ3v) is 4.92. The van der Waals surface area contributed by atoms with E-state index in [-0.39, 0.29) is 11.3 Å². The summed E-state index contributed by atoms with van der Waals surface area (Å²) in [7, 11) is 0. The number of hydrogen-bond acceptors (Lipinski definition) is 4. The number of fused-ring (bicyclic) bond motifs is 1. The Kier molecular flexibility index (Phi) is 6.15. The van der Waals surface area contributed by atoms with Gasteiger partial charge in [0.05, 0.1) is 11.8 Å². The Morgan fingerprint density at radius 1 is 0.968 bits per heavy atom. The summed E-state index contributed by atoms with van der Waals surface area (Å²) < 4.78 is 5.80. The van der Waals surface area contributed by atoms with Crippen molar-refractivity contribution in [1.82, 2.24) is 5.43 Å². The van der Waals surface area contributed by atoms with Crippen molar-refractivity contribution in [2.75, 3.05) is 0 Å². The highest BCUT2D eigenvalue weighted by Crippen LogP contribution is 2.25. The van der Waals surface area contributed by atoms with Crippen molar-refractivity contribution in [1.29, 1.82) is 0 Å². The van der Waals surface area contributed by atoms with Crippen LogP contribution in [0.4, 0.5) is 0 Å². The molecule has 0 atom stereocenters. The summed E-state index contributed by atoms with van der Waals surface area (Å²) >= 11 is 5.89. The van der Waals surface area contributed by atoms with E-state index in [2.05, 4.69) is 10.5 Å². The molecule has 154 valence electrons. The van der Waals surface area contributed by atoms with Crippen molar-refractivity contribution in [2.24, 2.45) is 5.10 Å². The number of phenolic OH excluding ortho intramolecular Hbond substituents is 1. The molecule has 0 aliphatic heterocycles. The van der Waals surface area contributed by atoms with E-state index in [1.807, 2.05) is 72.8 Å². The average molecular weight is 431 g/mol. The van der Waals surface area contributed by atoms with Crippen LogP contribution in [-0.4, -0.2) is 17.2 Å². The predicted molar refractivity (Wildman–Crippen MR) is 123 cm³/mol. The minimum atomic E-state index is -0.491. The monoisotopic (exact) mass is 430 g/mol. The van der Waals surface area contributed by atoms with E-state index >= 15 is 0 Å². The molecule has 0 aromatic heterocycles. The second kappa shape index (κ2) is 9.32. The lowest BCUT2D eigenvalue weighted by Gasteiger charge is -2.07. The quantitative estimate of drug-likeness (QED) is 0.311. The van der Waals surface area contributed by atoms with E-state index in [4.69, 9.17) is 16.3 Å². The number of rotatable bonds is 6. The average Bonchev–Trinajstić information content (AvgIpc) is 2.78. The van der Waals surface area contributed by atoms with Crippen LogP contribution in [0.15, 0.2) is 90.0 Å². The second-order valence-electron chi connectivity index (χ2n) is 6.90. The van der Waals surface area contributed by atoms with Gasteiger partial charge in [-0.3, -0.25) is 4.79 Å². The minimum absolute atomic E-state index is 0.0935. The zero-order chi connectivity index (χ0) is 21.6. The van der Waals surface area contributed by atoms with Crippen LogP contribution < -0.4 is 10.2 Å². The number of aromatic hydroxyl groups is 1. The number of nitrogens with one attached hydrogen (secondary N) is 1. The van der Waals surface area contributed by atoms with E-state index in [0.29, 0.717) is 17.4 Å². The highest BCUT2D eigenvalue weighted by atomic mass is 35.5. The number of halogens is 1. The first-order valence-electron chi connectivity index (χ1n) is 9.61. The number of carbonyl (C=O) groups is 1. The summed E-state index contributed by atoms with van der Waals surface area (Å²) in [6, 6.07) is 25.5. The molecule has 31 heavy (non-hydrogen) atoms. The van der Waals surface area contributed by atoms with E-state index in [1.54, 1.807) is 12.1 Å². The number of carbonyl (C=O) groups excluding carboxylic acids is 1. The van der Waals surface area contributed by atoms with Crippen LogP contribution >= 0.6 is 11.6 Å². The predicted octanol–water partition coefficient (Wildman–Crippen LogP) is 5.54. The van der Waals surface area contributed by atoms with E-state index in [9.17, 15) is 9.90 Å². The van der Waals surface area contributed by atoms with Gasteiger partial charge >= 0.3 is 0 Å². The SMILES string of the molecule is O=C(N/N=C\c1cccc(OCc2ccc(Cl)cc2)c1)c1cc2ccccc2cc1O. The van der Waals surface area contributed by atoms with E-state index < -0.39 is 5.91 Å². The Hall–Kier alpha value is -3.83. The summed E-state index contributed by atoms with van der Waals surface area (Å²) in [5.74, 6) is 0.0936. The van der Waals surface area contributed by atoms with E-state index in [0.717, 1.165) is 21.9 Å². The topological polar surface area (TPSA) is 70.9 Å². The molecular weight excluding hydrogens is 412 g/mol. The first kappa shape index (κ1) is 20.4. The Morgan fingerprint density at radius 3 is 2.48 bits per heavy atom. The minimum Gasteiger partial charge on any atom is -0.507 e. The van der Waals surface area contributed by atoms with Gasteiger partial charge < -0.3 is 9.84 Å². The van der Waals surface area contributed by atoms with Gasteiger partial charge in [-0.05, 0) is 58.3 Å². The first-order valence-corrected chi connectivity index (χ1v) is 9.99. The van der Waals surface area contributed by atoms with Crippen LogP contribution in [0.5, 0.6) is 11.5 Å². The normalized spacial score (nSPS) is 11.0. The lowest BCUT2D eigenvalue weighted by atomic mass is 10.1. The molecule has 4 rings (SSSR count). The molecule has 2 N–H and O–H groups in total. The number of phenols is 1. The number of hydrazone groups is 1. The van der Waals surface area contributed by atoms with Crippen LogP contribution in [0.3, 0.4) is 0 Å². The van der Waals surface area contributed by atoms with Gasteiger partial charge in [0.1, 0.15) is 18.1 Å². The van der Waals surface area contributed by atoms with E-state index in [1.165, 1.54) is 6.21 Å². The maximum Gasteiger partial charge on any atom is 0.275 e.